The van der Waals surface area contributed by atoms with Crippen molar-refractivity contribution in [3.63, 3.8) is 0 Å². The first kappa shape index (κ1) is 20.7. The van der Waals surface area contributed by atoms with Gasteiger partial charge in [0.1, 0.15) is 11.5 Å². The third-order valence-electron chi connectivity index (χ3n) is 5.16. The summed E-state index contributed by atoms with van der Waals surface area (Å²) in [5.41, 5.74) is 3.73. The van der Waals surface area contributed by atoms with Crippen LogP contribution in [-0.4, -0.2) is 36.0 Å². The number of H-pyrrole nitrogens is 2. The monoisotopic (exact) mass is 443 g/mol. The van der Waals surface area contributed by atoms with Crippen molar-refractivity contribution in [3.8, 4) is 22.6 Å². The van der Waals surface area contributed by atoms with Crippen molar-refractivity contribution in [2.24, 2.45) is 5.41 Å². The Kier molecular flexibility index (Phi) is 4.88. The quantitative estimate of drug-likeness (QED) is 0.359. The highest BCUT2D eigenvalue weighted by molar-refractivity contribution is 5.96. The number of aromatic amines is 2. The Morgan fingerprint density at radius 3 is 2.79 bits per heavy atom. The number of nitrogens with zero attached hydrogens (tertiary/aromatic N) is 4. The topological polar surface area (TPSA) is 112 Å². The average Bonchev–Trinajstić information content (AvgIpc) is 3.35. The van der Waals surface area contributed by atoms with Crippen LogP contribution in [0.5, 0.6) is 0 Å². The molecule has 0 unspecified atom stereocenters. The number of halogens is 1. The number of fused-ring (bicyclic) bond motifs is 2. The van der Waals surface area contributed by atoms with Crippen molar-refractivity contribution in [2.45, 2.75) is 27.2 Å². The van der Waals surface area contributed by atoms with E-state index < -0.39 is 5.82 Å². The van der Waals surface area contributed by atoms with Crippen LogP contribution in [0.15, 0.2) is 48.9 Å². The molecule has 3 N–H and O–H groups in total. The van der Waals surface area contributed by atoms with E-state index in [1.165, 1.54) is 6.07 Å². The lowest BCUT2D eigenvalue weighted by molar-refractivity contribution is -0.117. The molecule has 0 radical (unpaired) electrons. The van der Waals surface area contributed by atoms with Gasteiger partial charge >= 0.3 is 0 Å². The number of amides is 1. The van der Waals surface area contributed by atoms with E-state index in [0.717, 1.165) is 5.52 Å². The molecule has 1 aromatic carbocycles. The predicted octanol–water partition coefficient (Wildman–Crippen LogP) is 5.08. The zero-order valence-corrected chi connectivity index (χ0v) is 18.4. The average molecular weight is 443 g/mol. The fourth-order valence-corrected chi connectivity index (χ4v) is 3.74. The van der Waals surface area contributed by atoms with Crippen LogP contribution >= 0.6 is 0 Å². The molecule has 8 nitrogen and oxygen atoms in total. The third kappa shape index (κ3) is 4.17. The van der Waals surface area contributed by atoms with Crippen LogP contribution in [0.4, 0.5) is 10.1 Å². The number of benzene rings is 1. The largest absolute Gasteiger partial charge is 0.335 e. The van der Waals surface area contributed by atoms with Crippen LogP contribution in [0.3, 0.4) is 0 Å². The normalized spacial score (nSPS) is 11.9. The highest BCUT2D eigenvalue weighted by Gasteiger charge is 2.18. The molecule has 0 atom stereocenters. The summed E-state index contributed by atoms with van der Waals surface area (Å²) in [6, 6.07) is 8.52. The van der Waals surface area contributed by atoms with E-state index >= 15 is 4.39 Å². The van der Waals surface area contributed by atoms with E-state index in [4.69, 9.17) is 0 Å². The van der Waals surface area contributed by atoms with Gasteiger partial charge in [0.15, 0.2) is 11.5 Å². The molecule has 5 aromatic rings. The number of anilines is 1. The minimum atomic E-state index is -0.427. The van der Waals surface area contributed by atoms with E-state index in [1.807, 2.05) is 32.9 Å². The van der Waals surface area contributed by atoms with Crippen LogP contribution < -0.4 is 5.32 Å². The molecular formula is C24H22FN7O. The van der Waals surface area contributed by atoms with Crippen molar-refractivity contribution < 1.29 is 9.18 Å². The Morgan fingerprint density at radius 2 is 2.00 bits per heavy atom. The zero-order valence-electron chi connectivity index (χ0n) is 18.4. The predicted molar refractivity (Wildman–Crippen MR) is 125 cm³/mol. The molecule has 9 heteroatoms. The van der Waals surface area contributed by atoms with Crippen LogP contribution in [0.25, 0.3) is 44.7 Å². The number of nitrogens with one attached hydrogen (secondary N) is 3. The summed E-state index contributed by atoms with van der Waals surface area (Å²) in [5, 5.41) is 10.8. The van der Waals surface area contributed by atoms with Crippen LogP contribution in [0.2, 0.25) is 0 Å². The molecule has 1 amide bonds. The molecule has 33 heavy (non-hydrogen) atoms. The second-order valence-electron chi connectivity index (χ2n) is 9.16. The van der Waals surface area contributed by atoms with Crippen LogP contribution in [-0.2, 0) is 4.79 Å². The minimum Gasteiger partial charge on any atom is -0.335 e. The number of hydrogen-bond acceptors (Lipinski definition) is 5. The van der Waals surface area contributed by atoms with Crippen molar-refractivity contribution in [3.05, 3.63) is 54.7 Å². The zero-order chi connectivity index (χ0) is 23.2. The molecule has 166 valence electrons. The van der Waals surface area contributed by atoms with Gasteiger partial charge in [-0.05, 0) is 29.7 Å². The van der Waals surface area contributed by atoms with Crippen molar-refractivity contribution in [1.29, 1.82) is 0 Å². The molecule has 4 aromatic heterocycles. The number of carbonyl (C=O) groups excluding carboxylic acids is 1. The van der Waals surface area contributed by atoms with E-state index in [1.54, 1.807) is 30.7 Å². The molecule has 0 saturated heterocycles. The SMILES string of the molecule is CC(C)(C)CC(=O)Nc1cncc(-c2cc3c(-c4nc5ncccc5[nH]4)n[nH]c3cc2F)c1. The van der Waals surface area contributed by atoms with E-state index in [9.17, 15) is 4.79 Å². The van der Waals surface area contributed by atoms with Crippen molar-refractivity contribution in [1.82, 2.24) is 30.1 Å². The van der Waals surface area contributed by atoms with E-state index in [2.05, 4.69) is 35.5 Å². The molecule has 0 fully saturated rings. The van der Waals surface area contributed by atoms with Gasteiger partial charge in [-0.2, -0.15) is 5.10 Å². The maximum absolute atomic E-state index is 15.0. The molecule has 4 heterocycles. The Morgan fingerprint density at radius 1 is 1.15 bits per heavy atom. The summed E-state index contributed by atoms with van der Waals surface area (Å²) in [6.45, 7) is 5.98. The van der Waals surface area contributed by atoms with Crippen molar-refractivity contribution >= 4 is 33.7 Å². The number of hydrogen-bond donors (Lipinski definition) is 3. The van der Waals surface area contributed by atoms with Crippen LogP contribution in [0, 0.1) is 11.2 Å². The highest BCUT2D eigenvalue weighted by atomic mass is 19.1. The Balaban J connectivity index is 1.53. The summed E-state index contributed by atoms with van der Waals surface area (Å²) in [4.78, 5) is 28.5. The lowest BCUT2D eigenvalue weighted by Gasteiger charge is -2.17. The summed E-state index contributed by atoms with van der Waals surface area (Å²) in [5.74, 6) is -0.00856. The van der Waals surface area contributed by atoms with Gasteiger partial charge in [0.25, 0.3) is 0 Å². The molecule has 0 spiro atoms. The first-order valence-electron chi connectivity index (χ1n) is 10.5. The van der Waals surface area contributed by atoms with E-state index in [0.29, 0.717) is 51.3 Å². The van der Waals surface area contributed by atoms with Gasteiger partial charge in [-0.25, -0.2) is 14.4 Å². The Bertz CT molecular complexity index is 1460. The number of aromatic nitrogens is 6. The second-order valence-corrected chi connectivity index (χ2v) is 9.16. The summed E-state index contributed by atoms with van der Waals surface area (Å²) < 4.78 is 15.0. The first-order valence-corrected chi connectivity index (χ1v) is 10.5. The second kappa shape index (κ2) is 7.77. The number of imidazole rings is 1. The summed E-state index contributed by atoms with van der Waals surface area (Å²) >= 11 is 0. The van der Waals surface area contributed by atoms with Gasteiger partial charge < -0.3 is 10.3 Å². The Hall–Kier alpha value is -4.14. The first-order chi connectivity index (χ1) is 15.8. The smallest absolute Gasteiger partial charge is 0.224 e. The molecule has 5 rings (SSSR count). The standard InChI is InChI=1S/C24H22FN7O/c1-24(2,3)10-20(33)28-14-7-13(11-26-12-14)15-8-16-19(9-17(15)25)31-32-21(16)23-29-18-5-4-6-27-22(18)30-23/h4-9,11-12H,10H2,1-3H3,(H,28,33)(H,31,32)(H,27,29,30). The lowest BCUT2D eigenvalue weighted by Crippen LogP contribution is -2.19. The number of rotatable bonds is 4. The van der Waals surface area contributed by atoms with Crippen molar-refractivity contribution in [2.75, 3.05) is 5.32 Å². The lowest BCUT2D eigenvalue weighted by atomic mass is 9.92. The molecule has 0 aliphatic heterocycles. The van der Waals surface area contributed by atoms with E-state index in [-0.39, 0.29) is 11.3 Å². The molecule has 0 aliphatic rings. The molecule has 0 saturated carbocycles. The molecule has 0 aliphatic carbocycles. The maximum Gasteiger partial charge on any atom is 0.224 e. The van der Waals surface area contributed by atoms with Gasteiger partial charge in [-0.1, -0.05) is 20.8 Å². The molecular weight excluding hydrogens is 421 g/mol. The fourth-order valence-electron chi connectivity index (χ4n) is 3.74. The fraction of sp³-hybridized carbons (Fsp3) is 0.208. The van der Waals surface area contributed by atoms with Gasteiger partial charge in [0.2, 0.25) is 5.91 Å². The number of pyridine rings is 2. The van der Waals surface area contributed by atoms with Gasteiger partial charge in [0, 0.05) is 41.4 Å². The molecule has 0 bridgehead atoms. The highest BCUT2D eigenvalue weighted by Crippen LogP contribution is 2.33. The maximum atomic E-state index is 15.0. The van der Waals surface area contributed by atoms with Gasteiger partial charge in [-0.15, -0.1) is 0 Å². The minimum absolute atomic E-state index is 0.118. The summed E-state index contributed by atoms with van der Waals surface area (Å²) in [6.07, 6.45) is 5.14. The Labute approximate surface area is 188 Å². The van der Waals surface area contributed by atoms with Crippen LogP contribution in [0.1, 0.15) is 27.2 Å². The van der Waals surface area contributed by atoms with Gasteiger partial charge in [-0.3, -0.25) is 14.9 Å². The summed E-state index contributed by atoms with van der Waals surface area (Å²) in [7, 11) is 0. The van der Waals surface area contributed by atoms with Gasteiger partial charge in [0.05, 0.1) is 22.9 Å². The number of carbonyl (C=O) groups is 1. The third-order valence-corrected chi connectivity index (χ3v) is 5.16.